The second-order valence-corrected chi connectivity index (χ2v) is 2.96. The van der Waals surface area contributed by atoms with Gasteiger partial charge in [-0.1, -0.05) is 12.1 Å². The second kappa shape index (κ2) is 3.30. The van der Waals surface area contributed by atoms with Crippen LogP contribution in [0.15, 0.2) is 24.3 Å². The third kappa shape index (κ3) is 1.95. The van der Waals surface area contributed by atoms with Crippen molar-refractivity contribution in [2.75, 3.05) is 0 Å². The van der Waals surface area contributed by atoms with E-state index in [9.17, 15) is 8.78 Å². The Balaban J connectivity index is 3.07. The molecule has 0 fully saturated rings. The minimum atomic E-state index is -3.10. The summed E-state index contributed by atoms with van der Waals surface area (Å²) in [6.07, 6.45) is 0. The van der Waals surface area contributed by atoms with Crippen LogP contribution in [0.1, 0.15) is 12.5 Å². The summed E-state index contributed by atoms with van der Waals surface area (Å²) in [5.74, 6) is -3.28. The molecule has 1 unspecified atom stereocenters. The molecule has 1 rings (SSSR count). The van der Waals surface area contributed by atoms with E-state index < -0.39 is 12.0 Å². The zero-order valence-electron chi connectivity index (χ0n) is 7.17. The van der Waals surface area contributed by atoms with E-state index in [0.717, 1.165) is 6.07 Å². The lowest BCUT2D eigenvalue weighted by atomic mass is 10.0. The molecule has 2 nitrogen and oxygen atoms in total. The number of halogens is 2. The van der Waals surface area contributed by atoms with E-state index in [0.29, 0.717) is 0 Å². The van der Waals surface area contributed by atoms with E-state index in [1.165, 1.54) is 25.1 Å². The number of aromatic hydroxyl groups is 1. The molecule has 1 aromatic carbocycles. The lowest BCUT2D eigenvalue weighted by molar-refractivity contribution is -0.0258. The maximum Gasteiger partial charge on any atom is 0.287 e. The Morgan fingerprint density at radius 3 is 2.54 bits per heavy atom. The van der Waals surface area contributed by atoms with Crippen LogP contribution in [0.25, 0.3) is 0 Å². The summed E-state index contributed by atoms with van der Waals surface area (Å²) in [6, 6.07) is 3.68. The fraction of sp³-hybridized carbons (Fsp3) is 0.333. The van der Waals surface area contributed by atoms with Crippen LogP contribution in [-0.2, 0) is 5.92 Å². The summed E-state index contributed by atoms with van der Waals surface area (Å²) in [5, 5.41) is 8.98. The second-order valence-electron chi connectivity index (χ2n) is 2.96. The Kier molecular flexibility index (Phi) is 2.52. The molecule has 72 valence electrons. The molecule has 1 aromatic rings. The van der Waals surface area contributed by atoms with Gasteiger partial charge in [0.05, 0.1) is 6.04 Å². The summed E-state index contributed by atoms with van der Waals surface area (Å²) >= 11 is 0. The molecule has 0 radical (unpaired) electrons. The molecule has 13 heavy (non-hydrogen) atoms. The number of rotatable bonds is 2. The van der Waals surface area contributed by atoms with Gasteiger partial charge in [-0.2, -0.15) is 8.78 Å². The number of hydrogen-bond donors (Lipinski definition) is 2. The molecule has 0 aliphatic rings. The van der Waals surface area contributed by atoms with Crippen LogP contribution in [0, 0.1) is 0 Å². The number of phenolic OH excluding ortho intramolecular Hbond substituents is 1. The minimum absolute atomic E-state index is 0.183. The van der Waals surface area contributed by atoms with E-state index in [4.69, 9.17) is 10.8 Å². The van der Waals surface area contributed by atoms with Crippen molar-refractivity contribution < 1.29 is 13.9 Å². The Hall–Kier alpha value is -1.16. The van der Waals surface area contributed by atoms with Crippen molar-refractivity contribution in [3.05, 3.63) is 29.8 Å². The van der Waals surface area contributed by atoms with Crippen LogP contribution in [0.3, 0.4) is 0 Å². The highest BCUT2D eigenvalue weighted by Gasteiger charge is 2.36. The van der Waals surface area contributed by atoms with Crippen LogP contribution < -0.4 is 5.73 Å². The first-order valence-electron chi connectivity index (χ1n) is 3.87. The van der Waals surface area contributed by atoms with Crippen molar-refractivity contribution in [1.29, 1.82) is 0 Å². The normalized spacial score (nSPS) is 14.2. The Bertz CT molecular complexity index is 299. The number of phenols is 1. The average molecular weight is 187 g/mol. The molecule has 0 saturated carbocycles. The van der Waals surface area contributed by atoms with Gasteiger partial charge in [-0.25, -0.2) is 0 Å². The molecule has 3 N–H and O–H groups in total. The smallest absolute Gasteiger partial charge is 0.287 e. The Labute approximate surface area is 75.0 Å². The first-order chi connectivity index (χ1) is 5.94. The number of nitrogens with two attached hydrogens (primary N) is 1. The third-order valence-electron chi connectivity index (χ3n) is 1.80. The highest BCUT2D eigenvalue weighted by molar-refractivity contribution is 5.30. The molecule has 0 heterocycles. The number of benzene rings is 1. The first-order valence-corrected chi connectivity index (χ1v) is 3.87. The maximum absolute atomic E-state index is 13.2. The highest BCUT2D eigenvalue weighted by atomic mass is 19.3. The largest absolute Gasteiger partial charge is 0.508 e. The van der Waals surface area contributed by atoms with Crippen LogP contribution in [0.4, 0.5) is 8.78 Å². The summed E-state index contributed by atoms with van der Waals surface area (Å²) in [6.45, 7) is 1.23. The van der Waals surface area contributed by atoms with E-state index >= 15 is 0 Å². The first kappa shape index (κ1) is 9.92. The average Bonchev–Trinajstić information content (AvgIpc) is 2.04. The van der Waals surface area contributed by atoms with Crippen molar-refractivity contribution in [1.82, 2.24) is 0 Å². The molecule has 0 aliphatic heterocycles. The van der Waals surface area contributed by atoms with Crippen LogP contribution >= 0.6 is 0 Å². The van der Waals surface area contributed by atoms with Gasteiger partial charge in [0.2, 0.25) is 0 Å². The fourth-order valence-electron chi connectivity index (χ4n) is 0.976. The van der Waals surface area contributed by atoms with Gasteiger partial charge in [0.25, 0.3) is 5.92 Å². The molecule has 0 aliphatic carbocycles. The highest BCUT2D eigenvalue weighted by Crippen LogP contribution is 2.32. The Morgan fingerprint density at radius 2 is 2.08 bits per heavy atom. The van der Waals surface area contributed by atoms with E-state index in [1.807, 2.05) is 0 Å². The van der Waals surface area contributed by atoms with Crippen molar-refractivity contribution in [2.24, 2.45) is 5.73 Å². The van der Waals surface area contributed by atoms with Crippen molar-refractivity contribution >= 4 is 0 Å². The monoisotopic (exact) mass is 187 g/mol. The fourth-order valence-corrected chi connectivity index (χ4v) is 0.976. The zero-order valence-corrected chi connectivity index (χ0v) is 7.17. The van der Waals surface area contributed by atoms with E-state index in [2.05, 4.69) is 0 Å². The molecule has 1 atom stereocenters. The van der Waals surface area contributed by atoms with Crippen molar-refractivity contribution in [2.45, 2.75) is 18.9 Å². The number of alkyl halides is 2. The predicted molar refractivity (Wildman–Crippen MR) is 45.7 cm³/mol. The molecule has 0 aromatic heterocycles. The van der Waals surface area contributed by atoms with Crippen molar-refractivity contribution in [3.63, 3.8) is 0 Å². The SMILES string of the molecule is CC(N)C(F)(F)c1cccc(O)c1. The lowest BCUT2D eigenvalue weighted by Gasteiger charge is -2.20. The third-order valence-corrected chi connectivity index (χ3v) is 1.80. The maximum atomic E-state index is 13.2. The molecule has 0 bridgehead atoms. The van der Waals surface area contributed by atoms with Gasteiger partial charge < -0.3 is 10.8 Å². The quantitative estimate of drug-likeness (QED) is 0.742. The molecular formula is C9H11F2NO. The van der Waals surface area contributed by atoms with E-state index in [-0.39, 0.29) is 11.3 Å². The zero-order chi connectivity index (χ0) is 10.1. The van der Waals surface area contributed by atoms with Crippen LogP contribution in [0.2, 0.25) is 0 Å². The van der Waals surface area contributed by atoms with Gasteiger partial charge in [0.15, 0.2) is 0 Å². The Morgan fingerprint density at radius 1 is 1.46 bits per heavy atom. The van der Waals surface area contributed by atoms with Gasteiger partial charge in [-0.05, 0) is 19.1 Å². The molecule has 0 amide bonds. The van der Waals surface area contributed by atoms with Gasteiger partial charge in [-0.3, -0.25) is 0 Å². The van der Waals surface area contributed by atoms with Gasteiger partial charge >= 0.3 is 0 Å². The van der Waals surface area contributed by atoms with Gasteiger partial charge in [-0.15, -0.1) is 0 Å². The van der Waals surface area contributed by atoms with Gasteiger partial charge in [0, 0.05) is 5.56 Å². The number of hydrogen-bond acceptors (Lipinski definition) is 2. The molecule has 4 heteroatoms. The van der Waals surface area contributed by atoms with Gasteiger partial charge in [0.1, 0.15) is 5.75 Å². The van der Waals surface area contributed by atoms with Crippen LogP contribution in [0.5, 0.6) is 5.75 Å². The summed E-state index contributed by atoms with van der Waals surface area (Å²) in [4.78, 5) is 0. The molecule has 0 spiro atoms. The predicted octanol–water partition coefficient (Wildman–Crippen LogP) is 1.83. The lowest BCUT2D eigenvalue weighted by Crippen LogP contribution is -2.35. The summed E-state index contributed by atoms with van der Waals surface area (Å²) < 4.78 is 26.4. The standard InChI is InChI=1S/C9H11F2NO/c1-6(12)9(10,11)7-3-2-4-8(13)5-7/h2-6,13H,12H2,1H3. The summed E-state index contributed by atoms with van der Waals surface area (Å²) in [7, 11) is 0. The van der Waals surface area contributed by atoms with Crippen LogP contribution in [-0.4, -0.2) is 11.1 Å². The molecular weight excluding hydrogens is 176 g/mol. The van der Waals surface area contributed by atoms with Crippen molar-refractivity contribution in [3.8, 4) is 5.75 Å². The topological polar surface area (TPSA) is 46.2 Å². The minimum Gasteiger partial charge on any atom is -0.508 e. The molecule has 0 saturated heterocycles. The van der Waals surface area contributed by atoms with E-state index in [1.54, 1.807) is 0 Å². The summed E-state index contributed by atoms with van der Waals surface area (Å²) in [5.41, 5.74) is 4.86.